The van der Waals surface area contributed by atoms with Crippen LogP contribution in [0.15, 0.2) is 59.9 Å². The SMILES string of the molecule is COc1ccc(C)cc1S(=O)(=O)Nc1ccc(-c2cnc[nH]2)cc1. The number of benzene rings is 2. The van der Waals surface area contributed by atoms with Crippen molar-refractivity contribution in [3.63, 3.8) is 0 Å². The molecule has 7 heteroatoms. The molecular formula is C17H17N3O3S. The first kappa shape index (κ1) is 16.1. The van der Waals surface area contributed by atoms with Gasteiger partial charge in [0.2, 0.25) is 0 Å². The Balaban J connectivity index is 1.88. The van der Waals surface area contributed by atoms with Crippen molar-refractivity contribution < 1.29 is 13.2 Å². The van der Waals surface area contributed by atoms with E-state index in [1.807, 2.05) is 19.1 Å². The second kappa shape index (κ2) is 6.37. The minimum absolute atomic E-state index is 0.114. The Morgan fingerprint density at radius 1 is 1.12 bits per heavy atom. The molecule has 0 saturated carbocycles. The highest BCUT2D eigenvalue weighted by Gasteiger charge is 2.19. The summed E-state index contributed by atoms with van der Waals surface area (Å²) >= 11 is 0. The first-order valence-corrected chi connectivity index (χ1v) is 8.74. The van der Waals surface area contributed by atoms with Gasteiger partial charge in [0.25, 0.3) is 10.0 Å². The fraction of sp³-hybridized carbons (Fsp3) is 0.118. The number of aryl methyl sites for hydroxylation is 1. The fourth-order valence-corrected chi connectivity index (χ4v) is 3.65. The standard InChI is InChI=1S/C17H17N3O3S/c1-12-3-8-16(23-2)17(9-12)24(21,22)20-14-6-4-13(5-7-14)15-10-18-11-19-15/h3-11,20H,1-2H3,(H,18,19). The van der Waals surface area contributed by atoms with Crippen LogP contribution >= 0.6 is 0 Å². The van der Waals surface area contributed by atoms with E-state index in [-0.39, 0.29) is 4.90 Å². The first-order chi connectivity index (χ1) is 11.5. The molecule has 2 aromatic carbocycles. The minimum atomic E-state index is -3.74. The quantitative estimate of drug-likeness (QED) is 0.745. The van der Waals surface area contributed by atoms with Gasteiger partial charge in [-0.15, -0.1) is 0 Å². The molecule has 3 rings (SSSR count). The monoisotopic (exact) mass is 343 g/mol. The van der Waals surface area contributed by atoms with E-state index in [4.69, 9.17) is 4.74 Å². The number of H-pyrrole nitrogens is 1. The Morgan fingerprint density at radius 2 is 1.88 bits per heavy atom. The lowest BCUT2D eigenvalue weighted by Gasteiger charge is -2.12. The minimum Gasteiger partial charge on any atom is -0.495 e. The van der Waals surface area contributed by atoms with Gasteiger partial charge < -0.3 is 9.72 Å². The second-order valence-electron chi connectivity index (χ2n) is 5.30. The molecule has 124 valence electrons. The largest absolute Gasteiger partial charge is 0.495 e. The van der Waals surface area contributed by atoms with Crippen molar-refractivity contribution >= 4 is 15.7 Å². The number of aromatic amines is 1. The topological polar surface area (TPSA) is 84.1 Å². The maximum atomic E-state index is 12.6. The Hall–Kier alpha value is -2.80. The molecule has 6 nitrogen and oxygen atoms in total. The number of hydrogen-bond acceptors (Lipinski definition) is 4. The van der Waals surface area contributed by atoms with E-state index in [0.29, 0.717) is 11.4 Å². The molecule has 0 atom stereocenters. The van der Waals surface area contributed by atoms with Gasteiger partial charge in [-0.1, -0.05) is 18.2 Å². The highest BCUT2D eigenvalue weighted by Crippen LogP contribution is 2.27. The third-order valence-corrected chi connectivity index (χ3v) is 4.96. The number of methoxy groups -OCH3 is 1. The smallest absolute Gasteiger partial charge is 0.265 e. The summed E-state index contributed by atoms with van der Waals surface area (Å²) in [7, 11) is -2.29. The molecule has 0 amide bonds. The summed E-state index contributed by atoms with van der Waals surface area (Å²) < 4.78 is 33.0. The average Bonchev–Trinajstić information content (AvgIpc) is 3.10. The molecule has 1 heterocycles. The molecule has 0 aliphatic heterocycles. The molecule has 1 aromatic heterocycles. The number of rotatable bonds is 5. The number of anilines is 1. The highest BCUT2D eigenvalue weighted by atomic mass is 32.2. The Kier molecular flexibility index (Phi) is 4.26. The number of hydrogen-bond donors (Lipinski definition) is 2. The first-order valence-electron chi connectivity index (χ1n) is 7.26. The predicted molar refractivity (Wildman–Crippen MR) is 92.6 cm³/mol. The van der Waals surface area contributed by atoms with Crippen LogP contribution in [0.2, 0.25) is 0 Å². The van der Waals surface area contributed by atoms with Crippen LogP contribution in [-0.2, 0) is 10.0 Å². The number of aromatic nitrogens is 2. The lowest BCUT2D eigenvalue weighted by molar-refractivity contribution is 0.402. The van der Waals surface area contributed by atoms with Gasteiger partial charge >= 0.3 is 0 Å². The van der Waals surface area contributed by atoms with Crippen molar-refractivity contribution in [3.8, 4) is 17.0 Å². The second-order valence-corrected chi connectivity index (χ2v) is 6.95. The number of imidazole rings is 1. The summed E-state index contributed by atoms with van der Waals surface area (Å²) in [5.74, 6) is 0.308. The molecule has 0 unspecified atom stereocenters. The predicted octanol–water partition coefficient (Wildman–Crippen LogP) is 3.19. The van der Waals surface area contributed by atoms with Crippen molar-refractivity contribution in [2.45, 2.75) is 11.8 Å². The molecule has 0 saturated heterocycles. The van der Waals surface area contributed by atoms with E-state index in [9.17, 15) is 8.42 Å². The summed E-state index contributed by atoms with van der Waals surface area (Å²) in [6.45, 7) is 1.83. The van der Waals surface area contributed by atoms with Crippen molar-refractivity contribution in [2.24, 2.45) is 0 Å². The maximum Gasteiger partial charge on any atom is 0.265 e. The molecule has 2 N–H and O–H groups in total. The molecule has 24 heavy (non-hydrogen) atoms. The van der Waals surface area contributed by atoms with Crippen molar-refractivity contribution in [3.05, 3.63) is 60.6 Å². The Bertz CT molecular complexity index is 934. The number of sulfonamides is 1. The van der Waals surface area contributed by atoms with Gasteiger partial charge in [0.15, 0.2) is 0 Å². The summed E-state index contributed by atoms with van der Waals surface area (Å²) in [4.78, 5) is 7.08. The van der Waals surface area contributed by atoms with Gasteiger partial charge in [0, 0.05) is 5.69 Å². The van der Waals surface area contributed by atoms with Crippen LogP contribution in [0.25, 0.3) is 11.3 Å². The molecule has 0 bridgehead atoms. The lowest BCUT2D eigenvalue weighted by Crippen LogP contribution is -2.14. The maximum absolute atomic E-state index is 12.6. The van der Waals surface area contributed by atoms with Crippen LogP contribution in [0.1, 0.15) is 5.56 Å². The van der Waals surface area contributed by atoms with Gasteiger partial charge in [0.1, 0.15) is 10.6 Å². The van der Waals surface area contributed by atoms with Crippen molar-refractivity contribution in [2.75, 3.05) is 11.8 Å². The zero-order valence-electron chi connectivity index (χ0n) is 13.3. The van der Waals surface area contributed by atoms with Crippen LogP contribution < -0.4 is 9.46 Å². The normalized spacial score (nSPS) is 11.2. The van der Waals surface area contributed by atoms with Crippen molar-refractivity contribution in [1.29, 1.82) is 0 Å². The summed E-state index contributed by atoms with van der Waals surface area (Å²) in [5, 5.41) is 0. The zero-order chi connectivity index (χ0) is 17.2. The summed E-state index contributed by atoms with van der Waals surface area (Å²) in [5.41, 5.74) is 3.10. The number of nitrogens with zero attached hydrogens (tertiary/aromatic N) is 1. The third kappa shape index (κ3) is 3.26. The van der Waals surface area contributed by atoms with Gasteiger partial charge in [-0.2, -0.15) is 0 Å². The van der Waals surface area contributed by atoms with E-state index >= 15 is 0 Å². The molecule has 0 radical (unpaired) electrons. The van der Waals surface area contributed by atoms with E-state index in [1.165, 1.54) is 7.11 Å². The van der Waals surface area contributed by atoms with E-state index in [2.05, 4.69) is 14.7 Å². The van der Waals surface area contributed by atoms with Crippen molar-refractivity contribution in [1.82, 2.24) is 9.97 Å². The average molecular weight is 343 g/mol. The molecule has 0 aliphatic carbocycles. The van der Waals surface area contributed by atoms with Gasteiger partial charge in [0.05, 0.1) is 25.3 Å². The highest BCUT2D eigenvalue weighted by molar-refractivity contribution is 7.92. The molecule has 0 spiro atoms. The molecule has 0 aliphatic rings. The number of ether oxygens (including phenoxy) is 1. The number of nitrogens with one attached hydrogen (secondary N) is 2. The van der Waals surface area contributed by atoms with Gasteiger partial charge in [-0.3, -0.25) is 4.72 Å². The van der Waals surface area contributed by atoms with E-state index < -0.39 is 10.0 Å². The van der Waals surface area contributed by atoms with Crippen LogP contribution in [0.4, 0.5) is 5.69 Å². The Morgan fingerprint density at radius 3 is 2.50 bits per heavy atom. The molecule has 3 aromatic rings. The van der Waals surface area contributed by atoms with Crippen LogP contribution in [0.3, 0.4) is 0 Å². The molecule has 0 fully saturated rings. The van der Waals surface area contributed by atoms with E-state index in [0.717, 1.165) is 16.8 Å². The van der Waals surface area contributed by atoms with Gasteiger partial charge in [-0.25, -0.2) is 13.4 Å². The molecular weight excluding hydrogens is 326 g/mol. The van der Waals surface area contributed by atoms with Crippen LogP contribution in [0, 0.1) is 6.92 Å². The van der Waals surface area contributed by atoms with Crippen LogP contribution in [0.5, 0.6) is 5.75 Å². The van der Waals surface area contributed by atoms with E-state index in [1.54, 1.807) is 42.9 Å². The lowest BCUT2D eigenvalue weighted by atomic mass is 10.1. The van der Waals surface area contributed by atoms with Gasteiger partial charge in [-0.05, 0) is 42.3 Å². The summed E-state index contributed by atoms with van der Waals surface area (Å²) in [6.07, 6.45) is 3.30. The third-order valence-electron chi connectivity index (χ3n) is 3.55. The Labute approximate surface area is 140 Å². The zero-order valence-corrected chi connectivity index (χ0v) is 14.1. The fourth-order valence-electron chi connectivity index (χ4n) is 2.34. The van der Waals surface area contributed by atoms with Crippen LogP contribution in [-0.4, -0.2) is 25.5 Å². The summed E-state index contributed by atoms with van der Waals surface area (Å²) in [6, 6.07) is 12.1.